The van der Waals surface area contributed by atoms with Crippen molar-refractivity contribution in [3.8, 4) is 6.07 Å². The van der Waals surface area contributed by atoms with E-state index < -0.39 is 0 Å². The predicted octanol–water partition coefficient (Wildman–Crippen LogP) is 1.38. The first-order valence-corrected chi connectivity index (χ1v) is 2.23. The minimum Gasteiger partial charge on any atom is -0.311 e. The van der Waals surface area contributed by atoms with Gasteiger partial charge in [-0.2, -0.15) is 5.26 Å². The molecule has 2 nitrogen and oxygen atoms in total. The third-order valence-electron chi connectivity index (χ3n) is 0.741. The van der Waals surface area contributed by atoms with Crippen LogP contribution in [0.5, 0.6) is 0 Å². The van der Waals surface area contributed by atoms with Gasteiger partial charge in [-0.1, -0.05) is 6.08 Å². The van der Waals surface area contributed by atoms with Crippen LogP contribution in [-0.4, -0.2) is 6.54 Å². The Morgan fingerprint density at radius 3 is 2.75 bits per heavy atom. The minimum atomic E-state index is 0.215. The molecule has 40 valence electrons. The van der Waals surface area contributed by atoms with E-state index in [0.717, 1.165) is 0 Å². The summed E-state index contributed by atoms with van der Waals surface area (Å²) in [4.78, 5) is 3.04. The molecule has 0 bridgehead atoms. The zero-order chi connectivity index (χ0) is 6.41. The van der Waals surface area contributed by atoms with Crippen LogP contribution in [0.15, 0.2) is 11.6 Å². The predicted molar refractivity (Wildman–Crippen MR) is 30.8 cm³/mol. The molecule has 0 unspecified atom stereocenters. The summed E-state index contributed by atoms with van der Waals surface area (Å²) in [6.45, 7) is 8.34. The molecular weight excluding hydrogens is 100 g/mol. The fourth-order valence-electron chi connectivity index (χ4n) is 0.276. The summed E-state index contributed by atoms with van der Waals surface area (Å²) in [6.07, 6.45) is 1.65. The number of allylic oxidation sites excluding steroid dienone is 1. The highest BCUT2D eigenvalue weighted by molar-refractivity contribution is 5.23. The van der Waals surface area contributed by atoms with E-state index >= 15 is 0 Å². The number of nitrogens with zero attached hydrogens (tertiary/aromatic N) is 2. The normalized spacial score (nSPS) is 9.62. The van der Waals surface area contributed by atoms with E-state index in [4.69, 9.17) is 11.8 Å². The zero-order valence-electron chi connectivity index (χ0n) is 4.68. The van der Waals surface area contributed by atoms with Crippen LogP contribution in [0.2, 0.25) is 0 Å². The third-order valence-corrected chi connectivity index (χ3v) is 0.741. The van der Waals surface area contributed by atoms with Gasteiger partial charge in [-0.3, -0.25) is 0 Å². The Labute approximate surface area is 48.9 Å². The van der Waals surface area contributed by atoms with Crippen molar-refractivity contribution in [2.45, 2.75) is 6.92 Å². The van der Waals surface area contributed by atoms with E-state index in [1.807, 2.05) is 6.07 Å². The SMILES string of the molecule is [C-]#[N+]CC(C#N)=CC. The zero-order valence-corrected chi connectivity index (χ0v) is 4.68. The molecular formula is C6H6N2. The van der Waals surface area contributed by atoms with Crippen LogP contribution in [0.25, 0.3) is 4.85 Å². The second kappa shape index (κ2) is 3.89. The van der Waals surface area contributed by atoms with E-state index in [2.05, 4.69) is 4.85 Å². The van der Waals surface area contributed by atoms with Crippen molar-refractivity contribution in [3.05, 3.63) is 23.1 Å². The molecule has 0 heterocycles. The average Bonchev–Trinajstić information content (AvgIpc) is 1.83. The Kier molecular flexibility index (Phi) is 3.27. The van der Waals surface area contributed by atoms with Gasteiger partial charge in [0.1, 0.15) is 11.6 Å². The van der Waals surface area contributed by atoms with Crippen molar-refractivity contribution in [2.75, 3.05) is 6.54 Å². The van der Waals surface area contributed by atoms with Crippen LogP contribution in [0.1, 0.15) is 6.92 Å². The summed E-state index contributed by atoms with van der Waals surface area (Å²) < 4.78 is 0. The van der Waals surface area contributed by atoms with Crippen molar-refractivity contribution in [2.24, 2.45) is 0 Å². The summed E-state index contributed by atoms with van der Waals surface area (Å²) in [5.41, 5.74) is 0.542. The first kappa shape index (κ1) is 6.72. The Morgan fingerprint density at radius 1 is 2.00 bits per heavy atom. The maximum Gasteiger partial charge on any atom is 0.249 e. The van der Waals surface area contributed by atoms with Crippen molar-refractivity contribution < 1.29 is 0 Å². The molecule has 0 rings (SSSR count). The van der Waals surface area contributed by atoms with E-state index in [0.29, 0.717) is 5.57 Å². The maximum atomic E-state index is 8.20. The van der Waals surface area contributed by atoms with Gasteiger partial charge in [-0.05, 0) is 6.92 Å². The lowest BCUT2D eigenvalue weighted by molar-refractivity contribution is 1.35. The van der Waals surface area contributed by atoms with E-state index in [-0.39, 0.29) is 6.54 Å². The molecule has 0 fully saturated rings. The van der Waals surface area contributed by atoms with Crippen LogP contribution in [0.3, 0.4) is 0 Å². The molecule has 0 aromatic carbocycles. The van der Waals surface area contributed by atoms with Crippen LogP contribution in [0.4, 0.5) is 0 Å². The quantitative estimate of drug-likeness (QED) is 0.366. The van der Waals surface area contributed by atoms with Crippen molar-refractivity contribution in [1.29, 1.82) is 5.26 Å². The molecule has 0 saturated carbocycles. The summed E-state index contributed by atoms with van der Waals surface area (Å²) in [7, 11) is 0. The topological polar surface area (TPSA) is 28.1 Å². The lowest BCUT2D eigenvalue weighted by atomic mass is 10.3. The van der Waals surface area contributed by atoms with Gasteiger partial charge in [0, 0.05) is 0 Å². The van der Waals surface area contributed by atoms with Crippen LogP contribution in [-0.2, 0) is 0 Å². The molecule has 0 aromatic heterocycles. The summed E-state index contributed by atoms with van der Waals surface area (Å²) in [5, 5.41) is 8.20. The van der Waals surface area contributed by atoms with Gasteiger partial charge < -0.3 is 4.85 Å². The molecule has 0 aromatic rings. The number of nitriles is 1. The fraction of sp³-hybridized carbons (Fsp3) is 0.333. The lowest BCUT2D eigenvalue weighted by Crippen LogP contribution is -1.78. The molecule has 8 heavy (non-hydrogen) atoms. The smallest absolute Gasteiger partial charge is 0.249 e. The molecule has 0 N–H and O–H groups in total. The Bertz CT molecular complexity index is 166. The summed E-state index contributed by atoms with van der Waals surface area (Å²) in [5.74, 6) is 0. The highest BCUT2D eigenvalue weighted by Gasteiger charge is 1.91. The third kappa shape index (κ3) is 2.00. The molecule has 0 amide bonds. The number of hydrogen-bond acceptors (Lipinski definition) is 1. The van der Waals surface area contributed by atoms with Crippen LogP contribution < -0.4 is 0 Å². The molecule has 2 heteroatoms. The summed E-state index contributed by atoms with van der Waals surface area (Å²) >= 11 is 0. The second-order valence-electron chi connectivity index (χ2n) is 1.24. The van der Waals surface area contributed by atoms with Crippen molar-refractivity contribution >= 4 is 0 Å². The Hall–Kier alpha value is -1.28. The van der Waals surface area contributed by atoms with E-state index in [1.54, 1.807) is 13.0 Å². The summed E-state index contributed by atoms with van der Waals surface area (Å²) in [6, 6.07) is 1.90. The van der Waals surface area contributed by atoms with Gasteiger partial charge in [-0.25, -0.2) is 6.57 Å². The molecule has 0 aliphatic carbocycles. The second-order valence-corrected chi connectivity index (χ2v) is 1.24. The first-order chi connectivity index (χ1) is 3.85. The number of hydrogen-bond donors (Lipinski definition) is 0. The van der Waals surface area contributed by atoms with Gasteiger partial charge >= 0.3 is 0 Å². The monoisotopic (exact) mass is 106 g/mol. The number of rotatable bonds is 1. The Balaban J connectivity index is 3.83. The lowest BCUT2D eigenvalue weighted by Gasteiger charge is -1.77. The minimum absolute atomic E-state index is 0.215. The largest absolute Gasteiger partial charge is 0.311 e. The molecule has 0 saturated heterocycles. The molecule has 0 aliphatic heterocycles. The maximum absolute atomic E-state index is 8.20. The molecule has 0 atom stereocenters. The molecule has 0 spiro atoms. The van der Waals surface area contributed by atoms with Gasteiger partial charge in [-0.15, -0.1) is 0 Å². The van der Waals surface area contributed by atoms with Gasteiger partial charge in [0.2, 0.25) is 6.54 Å². The molecule has 0 aliphatic rings. The highest BCUT2D eigenvalue weighted by atomic mass is 14.6. The van der Waals surface area contributed by atoms with Gasteiger partial charge in [0.05, 0.1) is 0 Å². The molecule has 0 radical (unpaired) electrons. The average molecular weight is 106 g/mol. The van der Waals surface area contributed by atoms with Gasteiger partial charge in [0.15, 0.2) is 0 Å². The standard InChI is InChI=1S/C6H6N2/c1-3-6(4-7)5-8-2/h3H,5H2,1H3. The van der Waals surface area contributed by atoms with Crippen LogP contribution in [0, 0.1) is 17.9 Å². The Morgan fingerprint density at radius 2 is 2.62 bits per heavy atom. The first-order valence-electron chi connectivity index (χ1n) is 2.23. The highest BCUT2D eigenvalue weighted by Crippen LogP contribution is 1.89. The van der Waals surface area contributed by atoms with Crippen molar-refractivity contribution in [3.63, 3.8) is 0 Å². The van der Waals surface area contributed by atoms with E-state index in [1.165, 1.54) is 0 Å². The van der Waals surface area contributed by atoms with Crippen LogP contribution >= 0.6 is 0 Å². The van der Waals surface area contributed by atoms with Gasteiger partial charge in [0.25, 0.3) is 0 Å². The van der Waals surface area contributed by atoms with Crippen molar-refractivity contribution in [1.82, 2.24) is 0 Å². The van der Waals surface area contributed by atoms with E-state index in [9.17, 15) is 0 Å². The fourth-order valence-corrected chi connectivity index (χ4v) is 0.276.